The first-order chi connectivity index (χ1) is 7.62. The summed E-state index contributed by atoms with van der Waals surface area (Å²) in [4.78, 5) is 20.1. The lowest BCUT2D eigenvalue weighted by Gasteiger charge is -1.90. The number of esters is 2. The van der Waals surface area contributed by atoms with Crippen LogP contribution in [0.15, 0.2) is 38.7 Å². The Kier molecular flexibility index (Phi) is 23.8. The predicted octanol–water partition coefficient (Wildman–Crippen LogP) is 2.45. The molecule has 0 aliphatic carbocycles. The molecule has 0 bridgehead atoms. The zero-order chi connectivity index (χ0) is 13.4. The third kappa shape index (κ3) is 22.9. The molecule has 0 heterocycles. The van der Waals surface area contributed by atoms with Crippen molar-refractivity contribution in [1.82, 2.24) is 0 Å². The van der Waals surface area contributed by atoms with E-state index in [9.17, 15) is 9.59 Å². The maximum Gasteiger partial charge on any atom is 0.330 e. The molecule has 0 spiro atoms. The molecule has 4 nitrogen and oxygen atoms in total. The zero-order valence-corrected chi connectivity index (χ0v) is 10.2. The number of carbonyl (C=O) groups is 2. The fourth-order valence-corrected chi connectivity index (χ4v) is 0.389. The molecule has 92 valence electrons. The number of halogens is 1. The minimum Gasteiger partial charge on any atom is -0.463 e. The van der Waals surface area contributed by atoms with Crippen LogP contribution in [0, 0.1) is 0 Å². The minimum atomic E-state index is -0.475. The van der Waals surface area contributed by atoms with E-state index in [-0.39, 0.29) is 11.8 Å². The summed E-state index contributed by atoms with van der Waals surface area (Å²) in [5.41, 5.74) is 0. The third-order valence-electron chi connectivity index (χ3n) is 0.777. The summed E-state index contributed by atoms with van der Waals surface area (Å²) in [5.74, 6) is -0.953. The van der Waals surface area contributed by atoms with Crippen LogP contribution in [-0.4, -0.2) is 24.4 Å². The molecule has 5 heteroatoms. The third-order valence-corrected chi connectivity index (χ3v) is 0.995. The molecule has 0 unspecified atom stereocenters. The molecule has 0 atom stereocenters. The Bertz CT molecular complexity index is 214. The van der Waals surface area contributed by atoms with Crippen molar-refractivity contribution in [3.8, 4) is 0 Å². The quantitative estimate of drug-likeness (QED) is 0.252. The number of hydrogen-bond acceptors (Lipinski definition) is 4. The minimum absolute atomic E-state index is 0.119. The van der Waals surface area contributed by atoms with E-state index in [4.69, 9.17) is 11.6 Å². The monoisotopic (exact) mass is 248 g/mol. The van der Waals surface area contributed by atoms with Gasteiger partial charge in [-0.2, -0.15) is 0 Å². The molecule has 0 aliphatic heterocycles. The first kappa shape index (κ1) is 19.9. The van der Waals surface area contributed by atoms with Gasteiger partial charge in [-0.05, 0) is 6.92 Å². The van der Waals surface area contributed by atoms with Crippen molar-refractivity contribution in [3.05, 3.63) is 38.7 Å². The molecule has 0 aliphatic rings. The Morgan fingerprint density at radius 2 is 1.81 bits per heavy atom. The Labute approximate surface area is 101 Å². The van der Waals surface area contributed by atoms with Gasteiger partial charge in [-0.25, -0.2) is 4.79 Å². The summed E-state index contributed by atoms with van der Waals surface area (Å²) in [6.07, 6.45) is 2.19. The van der Waals surface area contributed by atoms with Crippen LogP contribution < -0.4 is 0 Å². The predicted molar refractivity (Wildman–Crippen MR) is 65.1 cm³/mol. The van der Waals surface area contributed by atoms with Gasteiger partial charge in [-0.15, -0.1) is 24.8 Å². The first-order valence-electron chi connectivity index (χ1n) is 4.27. The van der Waals surface area contributed by atoms with E-state index < -0.39 is 5.97 Å². The molecule has 0 N–H and O–H groups in total. The first-order valence-corrected chi connectivity index (χ1v) is 4.81. The summed E-state index contributed by atoms with van der Waals surface area (Å²) in [6.45, 7) is 14.5. The zero-order valence-electron chi connectivity index (χ0n) is 9.41. The SMILES string of the molecule is C=C.C=CC(=O)OCC.C=COC(=O)CCl. The fourth-order valence-electron chi connectivity index (χ4n) is 0.326. The highest BCUT2D eigenvalue weighted by atomic mass is 35.5. The number of alkyl halides is 1. The van der Waals surface area contributed by atoms with Gasteiger partial charge >= 0.3 is 11.9 Å². The van der Waals surface area contributed by atoms with Gasteiger partial charge < -0.3 is 9.47 Å². The van der Waals surface area contributed by atoms with Crippen LogP contribution in [0.2, 0.25) is 0 Å². The van der Waals surface area contributed by atoms with Gasteiger partial charge in [0.1, 0.15) is 5.88 Å². The number of hydrogen-bond donors (Lipinski definition) is 0. The molecule has 0 fully saturated rings. The Balaban J connectivity index is -0.000000183. The second kappa shape index (κ2) is 19.1. The Hall–Kier alpha value is -1.55. The molecule has 0 aromatic carbocycles. The van der Waals surface area contributed by atoms with Gasteiger partial charge in [-0.1, -0.05) is 13.2 Å². The van der Waals surface area contributed by atoms with Gasteiger partial charge in [0, 0.05) is 6.08 Å². The average molecular weight is 249 g/mol. The van der Waals surface area contributed by atoms with Gasteiger partial charge in [0.25, 0.3) is 0 Å². The van der Waals surface area contributed by atoms with E-state index in [1.54, 1.807) is 6.92 Å². The lowest BCUT2D eigenvalue weighted by molar-refractivity contribution is -0.137. The molecule has 16 heavy (non-hydrogen) atoms. The summed E-state index contributed by atoms with van der Waals surface area (Å²) in [5, 5.41) is 0. The summed E-state index contributed by atoms with van der Waals surface area (Å²) >= 11 is 5.01. The van der Waals surface area contributed by atoms with Crippen LogP contribution in [0.1, 0.15) is 6.92 Å². The highest BCUT2D eigenvalue weighted by Gasteiger charge is 1.91. The van der Waals surface area contributed by atoms with Crippen molar-refractivity contribution in [2.75, 3.05) is 12.5 Å². The van der Waals surface area contributed by atoms with E-state index in [0.29, 0.717) is 6.61 Å². The maximum atomic E-state index is 10.1. The van der Waals surface area contributed by atoms with Crippen molar-refractivity contribution in [1.29, 1.82) is 0 Å². The average Bonchev–Trinajstić information content (AvgIpc) is 2.33. The van der Waals surface area contributed by atoms with Crippen LogP contribution in [0.25, 0.3) is 0 Å². The molecular weight excluding hydrogens is 232 g/mol. The topological polar surface area (TPSA) is 52.6 Å². The fraction of sp³-hybridized carbons (Fsp3) is 0.273. The lowest BCUT2D eigenvalue weighted by atomic mass is 10.6. The molecular formula is C11H17ClO4. The van der Waals surface area contributed by atoms with Gasteiger partial charge in [-0.3, -0.25) is 4.79 Å². The van der Waals surface area contributed by atoms with Crippen LogP contribution in [0.5, 0.6) is 0 Å². The van der Waals surface area contributed by atoms with E-state index in [1.165, 1.54) is 0 Å². The second-order valence-electron chi connectivity index (χ2n) is 1.75. The summed E-state index contributed by atoms with van der Waals surface area (Å²) in [7, 11) is 0. The standard InChI is InChI=1S/C5H8O2.C4H5ClO2.C2H4/c1-3-5(6)7-4-2;1-2-7-4(6)3-5;1-2/h3H,1,4H2,2H3;2H,1,3H2;1-2H2. The van der Waals surface area contributed by atoms with Crippen molar-refractivity contribution in [3.63, 3.8) is 0 Å². The van der Waals surface area contributed by atoms with Crippen LogP contribution >= 0.6 is 11.6 Å². The van der Waals surface area contributed by atoms with Gasteiger partial charge in [0.2, 0.25) is 0 Å². The smallest absolute Gasteiger partial charge is 0.330 e. The number of ether oxygens (including phenoxy) is 2. The van der Waals surface area contributed by atoms with Gasteiger partial charge in [0.15, 0.2) is 0 Å². The van der Waals surface area contributed by atoms with E-state index >= 15 is 0 Å². The molecule has 0 aromatic rings. The highest BCUT2D eigenvalue weighted by molar-refractivity contribution is 6.26. The van der Waals surface area contributed by atoms with Crippen molar-refractivity contribution < 1.29 is 19.1 Å². The van der Waals surface area contributed by atoms with Crippen LogP contribution in [0.3, 0.4) is 0 Å². The van der Waals surface area contributed by atoms with Crippen molar-refractivity contribution in [2.24, 2.45) is 0 Å². The molecule has 0 rings (SSSR count). The van der Waals surface area contributed by atoms with Crippen LogP contribution in [-0.2, 0) is 19.1 Å². The largest absolute Gasteiger partial charge is 0.463 e. The maximum absolute atomic E-state index is 10.1. The molecule has 0 radical (unpaired) electrons. The number of rotatable bonds is 4. The highest BCUT2D eigenvalue weighted by Crippen LogP contribution is 1.80. The van der Waals surface area contributed by atoms with Gasteiger partial charge in [0.05, 0.1) is 12.9 Å². The molecule has 0 amide bonds. The van der Waals surface area contributed by atoms with Crippen LogP contribution in [0.4, 0.5) is 0 Å². The van der Waals surface area contributed by atoms with E-state index in [2.05, 4.69) is 35.8 Å². The summed E-state index contributed by atoms with van der Waals surface area (Å²) < 4.78 is 8.62. The van der Waals surface area contributed by atoms with E-state index in [1.807, 2.05) is 0 Å². The second-order valence-corrected chi connectivity index (χ2v) is 2.01. The Morgan fingerprint density at radius 1 is 1.31 bits per heavy atom. The number of carbonyl (C=O) groups excluding carboxylic acids is 2. The summed E-state index contributed by atoms with van der Waals surface area (Å²) in [6, 6.07) is 0. The lowest BCUT2D eigenvalue weighted by Crippen LogP contribution is -1.98. The normalized spacial score (nSPS) is 6.88. The Morgan fingerprint density at radius 3 is 1.94 bits per heavy atom. The van der Waals surface area contributed by atoms with E-state index in [0.717, 1.165) is 12.3 Å². The molecule has 0 aromatic heterocycles. The van der Waals surface area contributed by atoms with Crippen molar-refractivity contribution >= 4 is 23.5 Å². The molecule has 0 saturated heterocycles. The van der Waals surface area contributed by atoms with Crippen molar-refractivity contribution in [2.45, 2.75) is 6.92 Å². The molecule has 0 saturated carbocycles.